The van der Waals surface area contributed by atoms with Gasteiger partial charge >= 0.3 is 0 Å². The Kier molecular flexibility index (Phi) is 3.39. The molecule has 5 heteroatoms. The van der Waals surface area contributed by atoms with Crippen LogP contribution in [0.5, 0.6) is 0 Å². The molecular formula is C12H14N2O3. The van der Waals surface area contributed by atoms with E-state index in [0.717, 1.165) is 0 Å². The van der Waals surface area contributed by atoms with E-state index in [2.05, 4.69) is 10.6 Å². The van der Waals surface area contributed by atoms with Crippen molar-refractivity contribution in [1.82, 2.24) is 5.32 Å². The van der Waals surface area contributed by atoms with Gasteiger partial charge in [0.2, 0.25) is 11.8 Å². The van der Waals surface area contributed by atoms with Crippen LogP contribution in [0, 0.1) is 0 Å². The monoisotopic (exact) mass is 234 g/mol. The van der Waals surface area contributed by atoms with Gasteiger partial charge in [0.1, 0.15) is 6.04 Å². The molecule has 0 spiro atoms. The number of hydrogen-bond donors (Lipinski definition) is 3. The second-order valence-corrected chi connectivity index (χ2v) is 3.96. The van der Waals surface area contributed by atoms with Crippen molar-refractivity contribution >= 4 is 17.5 Å². The van der Waals surface area contributed by atoms with Gasteiger partial charge in [-0.25, -0.2) is 0 Å². The minimum atomic E-state index is -0.464. The Morgan fingerprint density at radius 2 is 2.24 bits per heavy atom. The summed E-state index contributed by atoms with van der Waals surface area (Å²) in [6.07, 6.45) is 0.908. The van der Waals surface area contributed by atoms with E-state index < -0.39 is 6.04 Å². The van der Waals surface area contributed by atoms with Crippen molar-refractivity contribution < 1.29 is 14.7 Å². The normalized spacial score (nSPS) is 18.9. The number of rotatable bonds is 3. The van der Waals surface area contributed by atoms with Crippen molar-refractivity contribution in [2.24, 2.45) is 0 Å². The highest BCUT2D eigenvalue weighted by molar-refractivity contribution is 5.99. The van der Waals surface area contributed by atoms with E-state index in [-0.39, 0.29) is 18.4 Å². The number of amides is 2. The molecule has 1 aromatic rings. The molecule has 1 fully saturated rings. The number of carbonyl (C=O) groups excluding carboxylic acids is 2. The molecule has 0 aliphatic carbocycles. The Labute approximate surface area is 98.8 Å². The summed E-state index contributed by atoms with van der Waals surface area (Å²) >= 11 is 0. The number of benzene rings is 1. The van der Waals surface area contributed by atoms with Crippen LogP contribution < -0.4 is 10.6 Å². The number of hydrogen-bond acceptors (Lipinski definition) is 3. The zero-order valence-corrected chi connectivity index (χ0v) is 9.27. The number of carbonyl (C=O) groups is 2. The zero-order valence-electron chi connectivity index (χ0n) is 9.27. The van der Waals surface area contributed by atoms with E-state index in [9.17, 15) is 9.59 Å². The number of anilines is 1. The van der Waals surface area contributed by atoms with Crippen LogP contribution in [0.15, 0.2) is 24.3 Å². The first-order chi connectivity index (χ1) is 8.20. The summed E-state index contributed by atoms with van der Waals surface area (Å²) in [6.45, 7) is -0.131. The largest absolute Gasteiger partial charge is 0.392 e. The fourth-order valence-corrected chi connectivity index (χ4v) is 1.81. The molecule has 3 N–H and O–H groups in total. The summed E-state index contributed by atoms with van der Waals surface area (Å²) in [5, 5.41) is 14.4. The summed E-state index contributed by atoms with van der Waals surface area (Å²) in [7, 11) is 0. The first kappa shape index (κ1) is 11.6. The molecule has 0 unspecified atom stereocenters. The second kappa shape index (κ2) is 4.97. The quantitative estimate of drug-likeness (QED) is 0.708. The molecule has 0 aromatic heterocycles. The highest BCUT2D eigenvalue weighted by Crippen LogP contribution is 2.16. The Hall–Kier alpha value is -1.88. The van der Waals surface area contributed by atoms with Gasteiger partial charge in [0.05, 0.1) is 6.61 Å². The van der Waals surface area contributed by atoms with Crippen LogP contribution in [0.4, 0.5) is 5.69 Å². The molecule has 1 aliphatic rings. The van der Waals surface area contributed by atoms with Gasteiger partial charge in [-0.2, -0.15) is 0 Å². The molecule has 90 valence electrons. The van der Waals surface area contributed by atoms with Gasteiger partial charge in [0, 0.05) is 17.7 Å². The van der Waals surface area contributed by atoms with Crippen LogP contribution in [-0.4, -0.2) is 23.0 Å². The summed E-state index contributed by atoms with van der Waals surface area (Å²) in [5.41, 5.74) is 1.24. The van der Waals surface area contributed by atoms with Crippen molar-refractivity contribution in [3.63, 3.8) is 0 Å². The standard InChI is InChI=1S/C12H14N2O3/c15-7-8-3-1-2-4-9(8)14-12(17)10-5-6-11(16)13-10/h1-4,10,15H,5-7H2,(H,13,16)(H,14,17)/t10-/m0/s1. The van der Waals surface area contributed by atoms with Gasteiger partial charge in [-0.1, -0.05) is 18.2 Å². The molecular weight excluding hydrogens is 220 g/mol. The van der Waals surface area contributed by atoms with Crippen LogP contribution in [-0.2, 0) is 16.2 Å². The van der Waals surface area contributed by atoms with Crippen LogP contribution in [0.3, 0.4) is 0 Å². The molecule has 2 amide bonds. The lowest BCUT2D eigenvalue weighted by molar-refractivity contribution is -0.122. The molecule has 0 radical (unpaired) electrons. The van der Waals surface area contributed by atoms with Crippen LogP contribution in [0.25, 0.3) is 0 Å². The molecule has 17 heavy (non-hydrogen) atoms. The lowest BCUT2D eigenvalue weighted by Crippen LogP contribution is -2.37. The Morgan fingerprint density at radius 3 is 2.88 bits per heavy atom. The third-order valence-corrected chi connectivity index (χ3v) is 2.76. The summed E-state index contributed by atoms with van der Waals surface area (Å²) < 4.78 is 0. The van der Waals surface area contributed by atoms with Crippen molar-refractivity contribution in [3.8, 4) is 0 Å². The van der Waals surface area contributed by atoms with Gasteiger partial charge in [-0.3, -0.25) is 9.59 Å². The summed E-state index contributed by atoms with van der Waals surface area (Å²) in [5.74, 6) is -0.336. The molecule has 5 nitrogen and oxygen atoms in total. The predicted molar refractivity (Wildman–Crippen MR) is 62.2 cm³/mol. The lowest BCUT2D eigenvalue weighted by atomic mass is 10.1. The van der Waals surface area contributed by atoms with E-state index >= 15 is 0 Å². The van der Waals surface area contributed by atoms with Crippen LogP contribution in [0.2, 0.25) is 0 Å². The summed E-state index contributed by atoms with van der Waals surface area (Å²) in [6, 6.07) is 6.57. The van der Waals surface area contributed by atoms with Gasteiger partial charge in [-0.15, -0.1) is 0 Å². The van der Waals surface area contributed by atoms with E-state index in [1.165, 1.54) is 0 Å². The van der Waals surface area contributed by atoms with Crippen molar-refractivity contribution in [1.29, 1.82) is 0 Å². The molecule has 0 bridgehead atoms. The minimum absolute atomic E-state index is 0.0967. The van der Waals surface area contributed by atoms with Crippen molar-refractivity contribution in [2.75, 3.05) is 5.32 Å². The van der Waals surface area contributed by atoms with Crippen LogP contribution >= 0.6 is 0 Å². The lowest BCUT2D eigenvalue weighted by Gasteiger charge is -2.13. The Bertz CT molecular complexity index is 445. The van der Waals surface area contributed by atoms with E-state index in [1.54, 1.807) is 24.3 Å². The van der Waals surface area contributed by atoms with E-state index in [4.69, 9.17) is 5.11 Å². The Balaban J connectivity index is 2.05. The fraction of sp³-hybridized carbons (Fsp3) is 0.333. The minimum Gasteiger partial charge on any atom is -0.392 e. The maximum Gasteiger partial charge on any atom is 0.246 e. The van der Waals surface area contributed by atoms with Gasteiger partial charge < -0.3 is 15.7 Å². The highest BCUT2D eigenvalue weighted by atomic mass is 16.3. The van der Waals surface area contributed by atoms with Crippen molar-refractivity contribution in [2.45, 2.75) is 25.5 Å². The second-order valence-electron chi connectivity index (χ2n) is 3.96. The first-order valence-electron chi connectivity index (χ1n) is 5.49. The number of nitrogens with one attached hydrogen (secondary N) is 2. The molecule has 1 aliphatic heterocycles. The molecule has 0 saturated carbocycles. The fourth-order valence-electron chi connectivity index (χ4n) is 1.81. The molecule has 1 aromatic carbocycles. The van der Waals surface area contributed by atoms with Crippen LogP contribution in [0.1, 0.15) is 18.4 Å². The average molecular weight is 234 g/mol. The molecule has 1 saturated heterocycles. The van der Waals surface area contributed by atoms with E-state index in [0.29, 0.717) is 24.1 Å². The number of aliphatic hydroxyl groups is 1. The predicted octanol–water partition coefficient (Wildman–Crippen LogP) is 0.396. The SMILES string of the molecule is O=C1CC[C@@H](C(=O)Nc2ccccc2CO)N1. The summed E-state index contributed by atoms with van der Waals surface area (Å²) in [4.78, 5) is 22.8. The molecule has 1 heterocycles. The average Bonchev–Trinajstić information content (AvgIpc) is 2.77. The topological polar surface area (TPSA) is 78.4 Å². The zero-order chi connectivity index (χ0) is 12.3. The smallest absolute Gasteiger partial charge is 0.246 e. The van der Waals surface area contributed by atoms with Crippen molar-refractivity contribution in [3.05, 3.63) is 29.8 Å². The van der Waals surface area contributed by atoms with E-state index in [1.807, 2.05) is 0 Å². The maximum atomic E-state index is 11.8. The molecule has 2 rings (SSSR count). The third-order valence-electron chi connectivity index (χ3n) is 2.76. The highest BCUT2D eigenvalue weighted by Gasteiger charge is 2.27. The number of aliphatic hydroxyl groups excluding tert-OH is 1. The molecule has 1 atom stereocenters. The van der Waals surface area contributed by atoms with Gasteiger partial charge in [0.25, 0.3) is 0 Å². The number of para-hydroxylation sites is 1. The van der Waals surface area contributed by atoms with Gasteiger partial charge in [0.15, 0.2) is 0 Å². The third kappa shape index (κ3) is 2.62. The Morgan fingerprint density at radius 1 is 1.47 bits per heavy atom. The van der Waals surface area contributed by atoms with Gasteiger partial charge in [-0.05, 0) is 12.5 Å². The first-order valence-corrected chi connectivity index (χ1v) is 5.49. The maximum absolute atomic E-state index is 11.8.